The van der Waals surface area contributed by atoms with Crippen LogP contribution in [-0.4, -0.2) is 25.4 Å². The van der Waals surface area contributed by atoms with Crippen LogP contribution in [0, 0.1) is 31.2 Å². The number of nitrogens with zero attached hydrogens (tertiary/aromatic N) is 3. The van der Waals surface area contributed by atoms with E-state index in [-0.39, 0.29) is 39.7 Å². The predicted octanol–water partition coefficient (Wildman–Crippen LogP) is 3.68. The fraction of sp³-hybridized carbons (Fsp3) is 0.136. The van der Waals surface area contributed by atoms with Gasteiger partial charge in [-0.15, -0.1) is 0 Å². The second-order valence-corrected chi connectivity index (χ2v) is 7.06. The van der Waals surface area contributed by atoms with E-state index >= 15 is 4.39 Å². The highest BCUT2D eigenvalue weighted by Crippen LogP contribution is 2.31. The molecule has 1 atom stereocenters. The van der Waals surface area contributed by atoms with Gasteiger partial charge in [-0.05, 0) is 49.7 Å². The van der Waals surface area contributed by atoms with Crippen molar-refractivity contribution in [2.75, 3.05) is 11.1 Å². The van der Waals surface area contributed by atoms with Gasteiger partial charge in [0.1, 0.15) is 40.3 Å². The molecule has 0 aliphatic heterocycles. The van der Waals surface area contributed by atoms with E-state index in [9.17, 15) is 18.7 Å². The molecule has 1 amide bonds. The van der Waals surface area contributed by atoms with E-state index in [1.54, 1.807) is 6.92 Å². The first kappa shape index (κ1) is 17.7. The molecule has 0 aliphatic carbocycles. The minimum Gasteiger partial charge on any atom is -0.382 e. The molecule has 32 heavy (non-hydrogen) atoms. The Morgan fingerprint density at radius 2 is 1.91 bits per heavy atom. The molecule has 2 aromatic heterocycles. The molecule has 0 radical (unpaired) electrons. The quantitative estimate of drug-likeness (QED) is 0.445. The van der Waals surface area contributed by atoms with Crippen molar-refractivity contribution in [3.63, 3.8) is 0 Å². The summed E-state index contributed by atoms with van der Waals surface area (Å²) in [6.45, 7) is -1.01. The molecule has 2 aromatic carbocycles. The van der Waals surface area contributed by atoms with Gasteiger partial charge in [0, 0.05) is 27.6 Å². The Labute approximate surface area is 184 Å². The number of hydrogen-bond acceptors (Lipinski definition) is 5. The molecule has 164 valence electrons. The molecule has 0 aliphatic rings. The summed E-state index contributed by atoms with van der Waals surface area (Å²) in [6.07, 6.45) is -0.497. The monoisotopic (exact) mass is 444 g/mol. The highest BCUT2D eigenvalue weighted by atomic mass is 19.1. The van der Waals surface area contributed by atoms with Crippen molar-refractivity contribution in [1.82, 2.24) is 14.4 Å². The van der Waals surface area contributed by atoms with Crippen LogP contribution in [0.15, 0.2) is 42.6 Å². The standard InChI is InChI=1S/C22H18F3N5O2/c1-10-9-30-11(2)28-18(19(30)21(26)27-10)16-4-3-15(8-17(16)25)29-22(32)20(31)12-5-13(23)7-14(24)6-12/h3-9,20,31H,1-2H3,(H2,26,27)(H,29,32)/t20-/m0/s1/i2D3. The Hall–Kier alpha value is -3.92. The molecule has 0 bridgehead atoms. The smallest absolute Gasteiger partial charge is 0.257 e. The number of rotatable bonds is 4. The van der Waals surface area contributed by atoms with Gasteiger partial charge < -0.3 is 16.2 Å². The molecule has 0 saturated heterocycles. The second-order valence-electron chi connectivity index (χ2n) is 7.06. The van der Waals surface area contributed by atoms with Gasteiger partial charge in [-0.25, -0.2) is 23.1 Å². The van der Waals surface area contributed by atoms with Crippen LogP contribution in [0.5, 0.6) is 0 Å². The SMILES string of the molecule is [2H]C([2H])([2H])c1nc(-c2ccc(NC(=O)[C@@H](O)c3cc(F)cc(F)c3)cc2F)c2c(N)nc(C)cn12. The number of nitrogen functional groups attached to an aromatic ring is 1. The molecule has 4 N–H and O–H groups in total. The Kier molecular flexibility index (Phi) is 4.41. The van der Waals surface area contributed by atoms with E-state index < -0.39 is 36.3 Å². The van der Waals surface area contributed by atoms with Gasteiger partial charge >= 0.3 is 0 Å². The molecule has 0 spiro atoms. The fourth-order valence-corrected chi connectivity index (χ4v) is 3.33. The number of anilines is 2. The number of aryl methyl sites for hydroxylation is 2. The molecule has 0 fully saturated rings. The van der Waals surface area contributed by atoms with Gasteiger partial charge in [0.15, 0.2) is 6.10 Å². The number of aliphatic hydroxyl groups excluding tert-OH is 1. The minimum absolute atomic E-state index is 0.0507. The third-order valence-corrected chi connectivity index (χ3v) is 4.71. The van der Waals surface area contributed by atoms with Crippen LogP contribution in [0.3, 0.4) is 0 Å². The number of halogens is 3. The lowest BCUT2D eigenvalue weighted by atomic mass is 10.1. The fourth-order valence-electron chi connectivity index (χ4n) is 3.33. The van der Waals surface area contributed by atoms with Crippen LogP contribution < -0.4 is 11.1 Å². The van der Waals surface area contributed by atoms with Crippen LogP contribution in [0.1, 0.15) is 27.3 Å². The Balaban J connectivity index is 1.69. The van der Waals surface area contributed by atoms with Crippen LogP contribution in [-0.2, 0) is 4.79 Å². The average molecular weight is 444 g/mol. The summed E-state index contributed by atoms with van der Waals surface area (Å²) in [4.78, 5) is 20.5. The molecule has 10 heteroatoms. The predicted molar refractivity (Wildman–Crippen MR) is 112 cm³/mol. The summed E-state index contributed by atoms with van der Waals surface area (Å²) in [5.41, 5.74) is 5.95. The maximum absolute atomic E-state index is 15.1. The van der Waals surface area contributed by atoms with Crippen LogP contribution >= 0.6 is 0 Å². The van der Waals surface area contributed by atoms with Gasteiger partial charge in [-0.1, -0.05) is 0 Å². The Morgan fingerprint density at radius 1 is 1.19 bits per heavy atom. The minimum atomic E-state index is -2.63. The number of hydrogen-bond donors (Lipinski definition) is 3. The first-order valence-electron chi connectivity index (χ1n) is 10.8. The number of nitrogens with one attached hydrogen (secondary N) is 1. The molecule has 4 aromatic rings. The second kappa shape index (κ2) is 7.97. The van der Waals surface area contributed by atoms with E-state index in [4.69, 9.17) is 9.85 Å². The topological polar surface area (TPSA) is 106 Å². The number of benzene rings is 2. The van der Waals surface area contributed by atoms with Crippen molar-refractivity contribution in [2.24, 2.45) is 0 Å². The third kappa shape index (κ3) is 3.87. The lowest BCUT2D eigenvalue weighted by Gasteiger charge is -2.13. The lowest BCUT2D eigenvalue weighted by Crippen LogP contribution is -2.21. The molecule has 0 unspecified atom stereocenters. The van der Waals surface area contributed by atoms with E-state index in [1.807, 2.05) is 0 Å². The van der Waals surface area contributed by atoms with Crippen LogP contribution in [0.25, 0.3) is 16.8 Å². The van der Waals surface area contributed by atoms with Crippen LogP contribution in [0.4, 0.5) is 24.7 Å². The normalized spacial score (nSPS) is 14.0. The van der Waals surface area contributed by atoms with Crippen molar-refractivity contribution in [3.05, 3.63) is 77.1 Å². The maximum atomic E-state index is 15.1. The number of aliphatic hydroxyl groups is 1. The zero-order valence-corrected chi connectivity index (χ0v) is 16.5. The molecule has 2 heterocycles. The summed E-state index contributed by atoms with van der Waals surface area (Å²) < 4.78 is 66.4. The van der Waals surface area contributed by atoms with Gasteiger partial charge in [-0.3, -0.25) is 9.20 Å². The van der Waals surface area contributed by atoms with Crippen molar-refractivity contribution < 1.29 is 27.2 Å². The van der Waals surface area contributed by atoms with Crippen LogP contribution in [0.2, 0.25) is 0 Å². The average Bonchev–Trinajstić information content (AvgIpc) is 3.12. The number of fused-ring (bicyclic) bond motifs is 1. The van der Waals surface area contributed by atoms with Gasteiger partial charge in [-0.2, -0.15) is 0 Å². The maximum Gasteiger partial charge on any atom is 0.257 e. The number of carbonyl (C=O) groups excluding carboxylic acids is 1. The summed E-state index contributed by atoms with van der Waals surface area (Å²) in [7, 11) is 0. The van der Waals surface area contributed by atoms with Crippen molar-refractivity contribution in [2.45, 2.75) is 19.9 Å². The largest absolute Gasteiger partial charge is 0.382 e. The molecule has 7 nitrogen and oxygen atoms in total. The van der Waals surface area contributed by atoms with E-state index in [2.05, 4.69) is 15.3 Å². The summed E-state index contributed by atoms with van der Waals surface area (Å²) in [5.74, 6) is -4.27. The summed E-state index contributed by atoms with van der Waals surface area (Å²) >= 11 is 0. The van der Waals surface area contributed by atoms with E-state index in [1.165, 1.54) is 22.7 Å². The number of aromatic nitrogens is 3. The van der Waals surface area contributed by atoms with E-state index in [0.717, 1.165) is 18.2 Å². The van der Waals surface area contributed by atoms with Gasteiger partial charge in [0.05, 0.1) is 5.69 Å². The molecular weight excluding hydrogens is 423 g/mol. The van der Waals surface area contributed by atoms with E-state index in [0.29, 0.717) is 11.8 Å². The molecule has 0 saturated carbocycles. The molecule has 4 rings (SSSR count). The highest BCUT2D eigenvalue weighted by Gasteiger charge is 2.21. The molecular formula is C22H18F3N5O2. The third-order valence-electron chi connectivity index (χ3n) is 4.71. The van der Waals surface area contributed by atoms with Crippen molar-refractivity contribution >= 4 is 22.9 Å². The number of imidazole rings is 1. The summed E-state index contributed by atoms with van der Waals surface area (Å²) in [6, 6.07) is 5.62. The Morgan fingerprint density at radius 3 is 2.56 bits per heavy atom. The summed E-state index contributed by atoms with van der Waals surface area (Å²) in [5, 5.41) is 12.4. The highest BCUT2D eigenvalue weighted by molar-refractivity contribution is 5.95. The number of carbonyl (C=O) groups is 1. The first-order valence-corrected chi connectivity index (χ1v) is 9.25. The lowest BCUT2D eigenvalue weighted by molar-refractivity contribution is -0.124. The number of nitrogens with two attached hydrogens (primary N) is 1. The van der Waals surface area contributed by atoms with Gasteiger partial charge in [0.25, 0.3) is 5.91 Å². The van der Waals surface area contributed by atoms with Crippen molar-refractivity contribution in [3.8, 4) is 11.3 Å². The zero-order valence-electron chi connectivity index (χ0n) is 19.5. The van der Waals surface area contributed by atoms with Crippen molar-refractivity contribution in [1.29, 1.82) is 0 Å². The zero-order chi connectivity index (χ0) is 25.7. The first-order chi connectivity index (χ1) is 16.3. The Bertz CT molecular complexity index is 1450. The number of amides is 1. The van der Waals surface area contributed by atoms with Gasteiger partial charge in [0.2, 0.25) is 0 Å².